The number of alkyl halides is 1. The van der Waals surface area contributed by atoms with Gasteiger partial charge >= 0.3 is 0 Å². The lowest BCUT2D eigenvalue weighted by Crippen LogP contribution is -2.55. The summed E-state index contributed by atoms with van der Waals surface area (Å²) in [6.07, 6.45) is 17.1. The van der Waals surface area contributed by atoms with E-state index in [0.717, 1.165) is 53.6 Å². The highest BCUT2D eigenvalue weighted by atomic mass is 127. The summed E-state index contributed by atoms with van der Waals surface area (Å²) in [5.41, 5.74) is 14.6. The Kier molecular flexibility index (Phi) is 8.36. The zero-order valence-electron chi connectivity index (χ0n) is 24.0. The summed E-state index contributed by atoms with van der Waals surface area (Å²) in [4.78, 5) is 0. The van der Waals surface area contributed by atoms with Crippen LogP contribution in [0.1, 0.15) is 105 Å². The molecular weight excluding hydrogens is 567 g/mol. The minimum atomic E-state index is 0.292. The lowest BCUT2D eigenvalue weighted by atomic mass is 9.44. The standard InChI is InChI=1S/C33H53IN2O/c1-21(2)6-5-7-22(3)27-11-12-29-26-10-8-23-18-25(37-31-13-9-24(35)19-30(31)36)14-16-32(23,4)28(26)15-17-33(27,29)20-34/h9,13,19,21-23,25-29H,5-8,10-12,14-18,20,35-36H2,1-4H3. The van der Waals surface area contributed by atoms with Crippen LogP contribution in [0, 0.1) is 52.3 Å². The molecule has 4 N–H and O–H groups in total. The Hall–Kier alpha value is -0.650. The molecule has 5 rings (SSSR count). The average Bonchev–Trinajstić information content (AvgIpc) is 3.26. The molecule has 0 aromatic heterocycles. The molecule has 0 amide bonds. The average molecular weight is 621 g/mol. The second kappa shape index (κ2) is 11.1. The summed E-state index contributed by atoms with van der Waals surface area (Å²) in [7, 11) is 0. The predicted molar refractivity (Wildman–Crippen MR) is 166 cm³/mol. The van der Waals surface area contributed by atoms with Crippen molar-refractivity contribution in [3.05, 3.63) is 18.2 Å². The van der Waals surface area contributed by atoms with Gasteiger partial charge < -0.3 is 16.2 Å². The van der Waals surface area contributed by atoms with Gasteiger partial charge in [0.2, 0.25) is 0 Å². The molecule has 1 aromatic carbocycles. The van der Waals surface area contributed by atoms with Gasteiger partial charge in [0, 0.05) is 10.1 Å². The molecule has 0 spiro atoms. The number of rotatable bonds is 8. The number of nitrogens with two attached hydrogens (primary N) is 2. The monoisotopic (exact) mass is 620 g/mol. The topological polar surface area (TPSA) is 61.3 Å². The second-order valence-corrected chi connectivity index (χ2v) is 15.1. The third-order valence-corrected chi connectivity index (χ3v) is 13.5. The van der Waals surface area contributed by atoms with Gasteiger partial charge in [-0.25, -0.2) is 0 Å². The Bertz CT molecular complexity index is 935. The van der Waals surface area contributed by atoms with Crippen molar-refractivity contribution >= 4 is 34.0 Å². The molecule has 9 atom stereocenters. The van der Waals surface area contributed by atoms with Crippen molar-refractivity contribution in [2.24, 2.45) is 52.3 Å². The van der Waals surface area contributed by atoms with E-state index in [2.05, 4.69) is 50.3 Å². The van der Waals surface area contributed by atoms with E-state index in [1.165, 1.54) is 75.1 Å². The Morgan fingerprint density at radius 1 is 0.973 bits per heavy atom. The van der Waals surface area contributed by atoms with Gasteiger partial charge in [-0.3, -0.25) is 0 Å². The Morgan fingerprint density at radius 3 is 2.51 bits per heavy atom. The Balaban J connectivity index is 1.26. The van der Waals surface area contributed by atoms with Crippen molar-refractivity contribution in [1.29, 1.82) is 0 Å². The molecule has 0 heterocycles. The van der Waals surface area contributed by atoms with Gasteiger partial charge in [0.15, 0.2) is 0 Å². The van der Waals surface area contributed by atoms with E-state index in [1.807, 2.05) is 18.2 Å². The number of hydrogen-bond acceptors (Lipinski definition) is 3. The third kappa shape index (κ3) is 5.15. The van der Waals surface area contributed by atoms with Crippen LogP contribution in [-0.2, 0) is 0 Å². The zero-order chi connectivity index (χ0) is 26.4. The van der Waals surface area contributed by atoms with Crippen LogP contribution >= 0.6 is 22.6 Å². The SMILES string of the molecule is CC(C)CCCC(C)C1CCC2C3CCC4CC(Oc5ccc(N)cc5N)CCC4(C)C3CCC12CI. The van der Waals surface area contributed by atoms with E-state index in [4.69, 9.17) is 16.2 Å². The fraction of sp³-hybridized carbons (Fsp3) is 0.818. The number of nitrogen functional groups attached to an aromatic ring is 2. The molecule has 0 saturated heterocycles. The molecule has 1 aromatic rings. The largest absolute Gasteiger partial charge is 0.488 e. The van der Waals surface area contributed by atoms with Crippen molar-refractivity contribution in [2.45, 2.75) is 111 Å². The molecule has 4 aliphatic rings. The number of hydrogen-bond donors (Lipinski definition) is 2. The third-order valence-electron chi connectivity index (χ3n) is 12.1. The molecule has 4 aliphatic carbocycles. The number of ether oxygens (including phenoxy) is 1. The maximum absolute atomic E-state index is 6.48. The van der Waals surface area contributed by atoms with Gasteiger partial charge in [-0.2, -0.15) is 0 Å². The summed E-state index contributed by atoms with van der Waals surface area (Å²) in [6, 6.07) is 5.70. The van der Waals surface area contributed by atoms with Crippen molar-refractivity contribution < 1.29 is 4.74 Å². The van der Waals surface area contributed by atoms with E-state index >= 15 is 0 Å². The summed E-state index contributed by atoms with van der Waals surface area (Å²) in [6.45, 7) is 10.1. The zero-order valence-corrected chi connectivity index (χ0v) is 26.1. The van der Waals surface area contributed by atoms with Gasteiger partial charge in [0.05, 0.1) is 11.8 Å². The smallest absolute Gasteiger partial charge is 0.142 e. The quantitative estimate of drug-likeness (QED) is 0.173. The highest BCUT2D eigenvalue weighted by Crippen LogP contribution is 2.69. The van der Waals surface area contributed by atoms with Crippen LogP contribution in [0.4, 0.5) is 11.4 Å². The van der Waals surface area contributed by atoms with E-state index in [-0.39, 0.29) is 0 Å². The Morgan fingerprint density at radius 2 is 1.78 bits per heavy atom. The molecule has 4 fully saturated rings. The summed E-state index contributed by atoms with van der Waals surface area (Å²) in [5, 5.41) is 0. The van der Waals surface area contributed by atoms with Crippen LogP contribution in [-0.4, -0.2) is 10.5 Å². The van der Waals surface area contributed by atoms with Crippen LogP contribution in [0.25, 0.3) is 0 Å². The lowest BCUT2D eigenvalue weighted by molar-refractivity contribution is -0.125. The Labute approximate surface area is 240 Å². The number of anilines is 2. The molecule has 0 aliphatic heterocycles. The molecule has 0 radical (unpaired) electrons. The van der Waals surface area contributed by atoms with Crippen LogP contribution in [0.15, 0.2) is 18.2 Å². The molecule has 3 nitrogen and oxygen atoms in total. The maximum atomic E-state index is 6.48. The summed E-state index contributed by atoms with van der Waals surface area (Å²) in [5.74, 6) is 7.17. The first-order chi connectivity index (χ1) is 17.7. The van der Waals surface area contributed by atoms with Gasteiger partial charge in [-0.1, -0.05) is 69.5 Å². The molecule has 4 heteroatoms. The first kappa shape index (κ1) is 27.9. The maximum Gasteiger partial charge on any atom is 0.142 e. The van der Waals surface area contributed by atoms with E-state index in [0.29, 0.717) is 28.3 Å². The fourth-order valence-electron chi connectivity index (χ4n) is 10.2. The summed E-state index contributed by atoms with van der Waals surface area (Å²) < 4.78 is 7.87. The normalized spacial score (nSPS) is 40.1. The number of halogens is 1. The lowest BCUT2D eigenvalue weighted by Gasteiger charge is -2.61. The van der Waals surface area contributed by atoms with Crippen molar-refractivity contribution in [3.63, 3.8) is 0 Å². The number of fused-ring (bicyclic) bond motifs is 5. The van der Waals surface area contributed by atoms with Crippen molar-refractivity contribution in [2.75, 3.05) is 15.9 Å². The second-order valence-electron chi connectivity index (χ2n) is 14.4. The minimum absolute atomic E-state index is 0.292. The van der Waals surface area contributed by atoms with Crippen LogP contribution in [0.3, 0.4) is 0 Å². The van der Waals surface area contributed by atoms with Gasteiger partial charge in [-0.15, -0.1) is 0 Å². The minimum Gasteiger partial charge on any atom is -0.488 e. The van der Waals surface area contributed by atoms with Crippen molar-refractivity contribution in [1.82, 2.24) is 0 Å². The van der Waals surface area contributed by atoms with E-state index in [1.54, 1.807) is 0 Å². The fourth-order valence-corrected chi connectivity index (χ4v) is 11.7. The highest BCUT2D eigenvalue weighted by Gasteiger charge is 2.61. The highest BCUT2D eigenvalue weighted by molar-refractivity contribution is 14.1. The van der Waals surface area contributed by atoms with Crippen molar-refractivity contribution in [3.8, 4) is 5.75 Å². The van der Waals surface area contributed by atoms with E-state index in [9.17, 15) is 0 Å². The van der Waals surface area contributed by atoms with Gasteiger partial charge in [0.25, 0.3) is 0 Å². The molecule has 0 bridgehead atoms. The van der Waals surface area contributed by atoms with Crippen LogP contribution in [0.2, 0.25) is 0 Å². The number of benzene rings is 1. The first-order valence-corrected chi connectivity index (χ1v) is 17.1. The predicted octanol–water partition coefficient (Wildman–Crippen LogP) is 9.13. The molecular formula is C33H53IN2O. The summed E-state index contributed by atoms with van der Waals surface area (Å²) >= 11 is 2.80. The van der Waals surface area contributed by atoms with Gasteiger partial charge in [0.1, 0.15) is 5.75 Å². The van der Waals surface area contributed by atoms with Crippen LogP contribution < -0.4 is 16.2 Å². The van der Waals surface area contributed by atoms with E-state index < -0.39 is 0 Å². The molecule has 208 valence electrons. The molecule has 9 unspecified atom stereocenters. The first-order valence-electron chi connectivity index (χ1n) is 15.6. The van der Waals surface area contributed by atoms with Crippen LogP contribution in [0.5, 0.6) is 5.75 Å². The van der Waals surface area contributed by atoms with Gasteiger partial charge in [-0.05, 0) is 128 Å². The molecule has 4 saturated carbocycles. The molecule has 37 heavy (non-hydrogen) atoms.